The summed E-state index contributed by atoms with van der Waals surface area (Å²) in [5.74, 6) is -0.0616. The fourth-order valence-corrected chi connectivity index (χ4v) is 2.59. The van der Waals surface area contributed by atoms with Gasteiger partial charge < -0.3 is 15.0 Å². The van der Waals surface area contributed by atoms with Gasteiger partial charge in [-0.05, 0) is 19.1 Å². The zero-order chi connectivity index (χ0) is 15.9. The standard InChI is InChI=1S/C16H23N3O3/c1-3-22-16(21)19-10-8-18(9-11-19)12-14-4-6-15(7-5-14)17-13(2)20/h4-7H,3,8-12H2,1-2H3,(H,17,20)/p+1. The van der Waals surface area contributed by atoms with E-state index in [1.165, 1.54) is 17.4 Å². The van der Waals surface area contributed by atoms with Crippen LogP contribution in [0.3, 0.4) is 0 Å². The lowest BCUT2D eigenvalue weighted by molar-refractivity contribution is -0.917. The number of quaternary nitrogens is 1. The Balaban J connectivity index is 1.80. The molecule has 2 N–H and O–H groups in total. The Hall–Kier alpha value is -2.08. The summed E-state index contributed by atoms with van der Waals surface area (Å²) in [7, 11) is 0. The van der Waals surface area contributed by atoms with Crippen LogP contribution in [0.15, 0.2) is 24.3 Å². The third-order valence-corrected chi connectivity index (χ3v) is 3.72. The summed E-state index contributed by atoms with van der Waals surface area (Å²) in [5, 5.41) is 2.76. The van der Waals surface area contributed by atoms with Crippen LogP contribution in [-0.2, 0) is 16.1 Å². The summed E-state index contributed by atoms with van der Waals surface area (Å²) < 4.78 is 5.02. The molecule has 0 radical (unpaired) electrons. The van der Waals surface area contributed by atoms with Gasteiger partial charge in [-0.3, -0.25) is 9.69 Å². The van der Waals surface area contributed by atoms with Crippen molar-refractivity contribution in [2.24, 2.45) is 0 Å². The fraction of sp³-hybridized carbons (Fsp3) is 0.500. The first-order chi connectivity index (χ1) is 10.6. The van der Waals surface area contributed by atoms with Gasteiger partial charge in [-0.1, -0.05) is 12.1 Å². The maximum Gasteiger partial charge on any atom is 0.410 e. The molecule has 1 aliphatic heterocycles. The van der Waals surface area contributed by atoms with Crippen LogP contribution in [0.2, 0.25) is 0 Å². The lowest BCUT2D eigenvalue weighted by Gasteiger charge is -2.31. The number of anilines is 1. The number of rotatable bonds is 4. The summed E-state index contributed by atoms with van der Waals surface area (Å²) >= 11 is 0. The van der Waals surface area contributed by atoms with E-state index >= 15 is 0 Å². The number of hydrogen-bond acceptors (Lipinski definition) is 3. The van der Waals surface area contributed by atoms with E-state index in [0.29, 0.717) is 6.61 Å². The molecular weight excluding hydrogens is 282 g/mol. The molecule has 1 aliphatic rings. The summed E-state index contributed by atoms with van der Waals surface area (Å²) in [4.78, 5) is 25.9. The van der Waals surface area contributed by atoms with E-state index in [1.807, 2.05) is 31.2 Å². The Labute approximate surface area is 131 Å². The van der Waals surface area contributed by atoms with Crippen LogP contribution in [0.1, 0.15) is 19.4 Å². The van der Waals surface area contributed by atoms with Gasteiger partial charge in [0.2, 0.25) is 5.91 Å². The van der Waals surface area contributed by atoms with Gasteiger partial charge >= 0.3 is 6.09 Å². The van der Waals surface area contributed by atoms with E-state index in [1.54, 1.807) is 4.90 Å². The van der Waals surface area contributed by atoms with Crippen LogP contribution in [0.5, 0.6) is 0 Å². The Morgan fingerprint density at radius 3 is 2.41 bits per heavy atom. The van der Waals surface area contributed by atoms with Crippen molar-refractivity contribution in [1.29, 1.82) is 0 Å². The molecule has 0 saturated carbocycles. The predicted molar refractivity (Wildman–Crippen MR) is 83.7 cm³/mol. The van der Waals surface area contributed by atoms with E-state index in [9.17, 15) is 9.59 Å². The summed E-state index contributed by atoms with van der Waals surface area (Å²) in [6.07, 6.45) is -0.207. The minimum atomic E-state index is -0.207. The minimum Gasteiger partial charge on any atom is -0.450 e. The van der Waals surface area contributed by atoms with Gasteiger partial charge in [0, 0.05) is 18.2 Å². The molecule has 6 nitrogen and oxygen atoms in total. The van der Waals surface area contributed by atoms with Crippen molar-refractivity contribution in [2.45, 2.75) is 20.4 Å². The number of amides is 2. The molecule has 2 amide bonds. The highest BCUT2D eigenvalue weighted by atomic mass is 16.6. The number of nitrogens with zero attached hydrogens (tertiary/aromatic N) is 1. The van der Waals surface area contributed by atoms with E-state index in [-0.39, 0.29) is 12.0 Å². The van der Waals surface area contributed by atoms with Crippen LogP contribution in [0.25, 0.3) is 0 Å². The maximum atomic E-state index is 11.6. The highest BCUT2D eigenvalue weighted by molar-refractivity contribution is 5.88. The van der Waals surface area contributed by atoms with Gasteiger partial charge in [0.05, 0.1) is 32.8 Å². The lowest BCUT2D eigenvalue weighted by Crippen LogP contribution is -3.13. The SMILES string of the molecule is CCOC(=O)N1CC[NH+](Cc2ccc(NC(C)=O)cc2)CC1. The first-order valence-electron chi connectivity index (χ1n) is 7.70. The zero-order valence-electron chi connectivity index (χ0n) is 13.2. The molecule has 0 unspecified atom stereocenters. The minimum absolute atomic E-state index is 0.0616. The van der Waals surface area contributed by atoms with Crippen LogP contribution >= 0.6 is 0 Å². The molecule has 22 heavy (non-hydrogen) atoms. The highest BCUT2D eigenvalue weighted by Gasteiger charge is 2.24. The first kappa shape index (κ1) is 16.3. The van der Waals surface area contributed by atoms with Crippen LogP contribution in [0.4, 0.5) is 10.5 Å². The molecule has 0 spiro atoms. The molecule has 2 rings (SSSR count). The Morgan fingerprint density at radius 1 is 1.23 bits per heavy atom. The molecule has 1 saturated heterocycles. The summed E-state index contributed by atoms with van der Waals surface area (Å²) in [5.41, 5.74) is 2.05. The quantitative estimate of drug-likeness (QED) is 0.851. The number of ether oxygens (including phenoxy) is 1. The molecule has 1 fully saturated rings. The summed E-state index contributed by atoms with van der Waals surface area (Å²) in [6, 6.07) is 7.92. The second kappa shape index (κ2) is 7.79. The van der Waals surface area contributed by atoms with Crippen molar-refractivity contribution < 1.29 is 19.2 Å². The second-order valence-corrected chi connectivity index (χ2v) is 5.49. The van der Waals surface area contributed by atoms with Gasteiger partial charge in [-0.25, -0.2) is 4.79 Å². The van der Waals surface area contributed by atoms with Gasteiger partial charge in [0.25, 0.3) is 0 Å². The maximum absolute atomic E-state index is 11.6. The molecule has 0 atom stereocenters. The molecule has 0 aromatic heterocycles. The molecule has 0 bridgehead atoms. The molecule has 1 aromatic rings. The van der Waals surface area contributed by atoms with Crippen molar-refractivity contribution >= 4 is 17.7 Å². The smallest absolute Gasteiger partial charge is 0.410 e. The second-order valence-electron chi connectivity index (χ2n) is 5.49. The van der Waals surface area contributed by atoms with Crippen LogP contribution in [-0.4, -0.2) is 49.7 Å². The number of benzene rings is 1. The highest BCUT2D eigenvalue weighted by Crippen LogP contribution is 2.08. The van der Waals surface area contributed by atoms with Crippen molar-refractivity contribution in [1.82, 2.24) is 4.90 Å². The molecule has 1 aromatic carbocycles. The van der Waals surface area contributed by atoms with Crippen molar-refractivity contribution in [3.05, 3.63) is 29.8 Å². The molecule has 6 heteroatoms. The monoisotopic (exact) mass is 306 g/mol. The van der Waals surface area contributed by atoms with E-state index in [0.717, 1.165) is 38.4 Å². The normalized spacial score (nSPS) is 15.5. The van der Waals surface area contributed by atoms with E-state index in [4.69, 9.17) is 4.74 Å². The largest absolute Gasteiger partial charge is 0.450 e. The number of piperazine rings is 1. The van der Waals surface area contributed by atoms with Gasteiger partial charge in [-0.15, -0.1) is 0 Å². The van der Waals surface area contributed by atoms with Crippen molar-refractivity contribution in [2.75, 3.05) is 38.1 Å². The third-order valence-electron chi connectivity index (χ3n) is 3.72. The molecular formula is C16H24N3O3+. The van der Waals surface area contributed by atoms with Gasteiger partial charge in [-0.2, -0.15) is 0 Å². The zero-order valence-corrected chi connectivity index (χ0v) is 13.2. The number of hydrogen-bond donors (Lipinski definition) is 2. The average molecular weight is 306 g/mol. The van der Waals surface area contributed by atoms with E-state index in [2.05, 4.69) is 5.32 Å². The number of nitrogens with one attached hydrogen (secondary N) is 2. The van der Waals surface area contributed by atoms with E-state index < -0.39 is 0 Å². The van der Waals surface area contributed by atoms with Gasteiger partial charge in [0.1, 0.15) is 6.54 Å². The average Bonchev–Trinajstić information content (AvgIpc) is 2.50. The lowest BCUT2D eigenvalue weighted by atomic mass is 10.2. The Kier molecular flexibility index (Phi) is 5.77. The van der Waals surface area contributed by atoms with Crippen molar-refractivity contribution in [3.63, 3.8) is 0 Å². The Morgan fingerprint density at radius 2 is 1.86 bits per heavy atom. The third kappa shape index (κ3) is 4.73. The fourth-order valence-electron chi connectivity index (χ4n) is 2.59. The van der Waals surface area contributed by atoms with Crippen LogP contribution in [0, 0.1) is 0 Å². The Bertz CT molecular complexity index is 508. The van der Waals surface area contributed by atoms with Gasteiger partial charge in [0.15, 0.2) is 0 Å². The van der Waals surface area contributed by atoms with Crippen molar-refractivity contribution in [3.8, 4) is 0 Å². The molecule has 1 heterocycles. The van der Waals surface area contributed by atoms with Crippen LogP contribution < -0.4 is 10.2 Å². The number of carbonyl (C=O) groups excluding carboxylic acids is 2. The number of carbonyl (C=O) groups is 2. The molecule has 120 valence electrons. The predicted octanol–water partition coefficient (Wildman–Crippen LogP) is 0.502. The summed E-state index contributed by atoms with van der Waals surface area (Å²) in [6.45, 7) is 7.99. The first-order valence-corrected chi connectivity index (χ1v) is 7.70. The molecule has 0 aliphatic carbocycles. The topological polar surface area (TPSA) is 63.1 Å².